The van der Waals surface area contributed by atoms with Gasteiger partial charge in [-0.15, -0.1) is 0 Å². The van der Waals surface area contributed by atoms with Crippen molar-refractivity contribution >= 4 is 0 Å². The van der Waals surface area contributed by atoms with Crippen LogP contribution in [0.2, 0.25) is 0 Å². The van der Waals surface area contributed by atoms with Crippen LogP contribution in [-0.4, -0.2) is 6.04 Å². The van der Waals surface area contributed by atoms with Gasteiger partial charge in [0.25, 0.3) is 0 Å². The normalized spacial score (nSPS) is 16.7. The minimum Gasteiger partial charge on any atom is -0.303 e. The van der Waals surface area contributed by atoms with Crippen LogP contribution in [-0.2, 0) is 0 Å². The van der Waals surface area contributed by atoms with Gasteiger partial charge in [-0.2, -0.15) is 0 Å². The van der Waals surface area contributed by atoms with E-state index in [1.165, 1.54) is 41.5 Å². The number of benzene rings is 2. The minimum atomic E-state index is 0.321. The third-order valence-electron chi connectivity index (χ3n) is 4.39. The predicted molar refractivity (Wildman–Crippen MR) is 85.0 cm³/mol. The molecule has 2 aromatic carbocycles. The highest BCUT2D eigenvalue weighted by Crippen LogP contribution is 2.29. The van der Waals surface area contributed by atoms with E-state index in [1.807, 2.05) is 0 Å². The topological polar surface area (TPSA) is 12.0 Å². The Morgan fingerprint density at radius 3 is 2.40 bits per heavy atom. The van der Waals surface area contributed by atoms with E-state index in [0.717, 1.165) is 0 Å². The molecule has 3 rings (SSSR count). The molecule has 0 bridgehead atoms. The number of nitrogens with one attached hydrogen (secondary N) is 1. The molecule has 1 aliphatic carbocycles. The van der Waals surface area contributed by atoms with Crippen LogP contribution in [0.4, 0.5) is 0 Å². The van der Waals surface area contributed by atoms with E-state index in [9.17, 15) is 0 Å². The van der Waals surface area contributed by atoms with E-state index in [2.05, 4.69) is 67.7 Å². The van der Waals surface area contributed by atoms with Crippen LogP contribution < -0.4 is 5.32 Å². The fourth-order valence-electron chi connectivity index (χ4n) is 2.89. The monoisotopic (exact) mass is 265 g/mol. The van der Waals surface area contributed by atoms with Crippen LogP contribution in [0, 0.1) is 13.8 Å². The summed E-state index contributed by atoms with van der Waals surface area (Å²) in [7, 11) is 0. The Morgan fingerprint density at radius 2 is 1.75 bits per heavy atom. The summed E-state index contributed by atoms with van der Waals surface area (Å²) in [5, 5.41) is 3.85. The van der Waals surface area contributed by atoms with E-state index in [1.54, 1.807) is 0 Å². The summed E-state index contributed by atoms with van der Waals surface area (Å²) in [6.07, 6.45) is 3.99. The predicted octanol–water partition coefficient (Wildman–Crippen LogP) is 4.53. The van der Waals surface area contributed by atoms with Crippen LogP contribution in [0.3, 0.4) is 0 Å². The third kappa shape index (κ3) is 2.78. The smallest absolute Gasteiger partial charge is 0.0581 e. The van der Waals surface area contributed by atoms with Gasteiger partial charge in [0, 0.05) is 6.04 Å². The lowest BCUT2D eigenvalue weighted by molar-refractivity contribution is 0.320. The Morgan fingerprint density at radius 1 is 1.00 bits per heavy atom. The minimum absolute atomic E-state index is 0.321. The number of rotatable bonds is 4. The second kappa shape index (κ2) is 5.80. The fraction of sp³-hybridized carbons (Fsp3) is 0.368. The van der Waals surface area contributed by atoms with E-state index in [4.69, 9.17) is 0 Å². The zero-order chi connectivity index (χ0) is 13.9. The highest BCUT2D eigenvalue weighted by atomic mass is 15.0. The molecule has 0 heterocycles. The van der Waals surface area contributed by atoms with Crippen molar-refractivity contribution < 1.29 is 0 Å². The van der Waals surface area contributed by atoms with Gasteiger partial charge >= 0.3 is 0 Å². The number of hydrogen-bond donors (Lipinski definition) is 1. The molecular formula is C19H23N. The van der Waals surface area contributed by atoms with Gasteiger partial charge in [0.05, 0.1) is 6.04 Å². The Bertz CT molecular complexity index is 570. The largest absolute Gasteiger partial charge is 0.303 e. The third-order valence-corrected chi connectivity index (χ3v) is 4.39. The van der Waals surface area contributed by atoms with Gasteiger partial charge in [0.15, 0.2) is 0 Å². The van der Waals surface area contributed by atoms with Gasteiger partial charge in [-0.25, -0.2) is 0 Å². The molecule has 1 nitrogen and oxygen atoms in total. The van der Waals surface area contributed by atoms with Gasteiger partial charge in [0.2, 0.25) is 0 Å². The van der Waals surface area contributed by atoms with E-state index in [-0.39, 0.29) is 0 Å². The number of aryl methyl sites for hydroxylation is 2. The van der Waals surface area contributed by atoms with Gasteiger partial charge in [0.1, 0.15) is 0 Å². The van der Waals surface area contributed by atoms with Crippen molar-refractivity contribution in [2.45, 2.75) is 45.2 Å². The SMILES string of the molecule is Cc1ccc(C)c(C(NC2CCC2)c2ccccc2)c1. The van der Waals surface area contributed by atoms with Gasteiger partial charge < -0.3 is 5.32 Å². The Labute approximate surface area is 122 Å². The summed E-state index contributed by atoms with van der Waals surface area (Å²) in [5.41, 5.74) is 5.49. The highest BCUT2D eigenvalue weighted by Gasteiger charge is 2.24. The van der Waals surface area contributed by atoms with Crippen molar-refractivity contribution in [3.05, 3.63) is 70.8 Å². The Hall–Kier alpha value is -1.60. The maximum absolute atomic E-state index is 3.85. The summed E-state index contributed by atoms with van der Waals surface area (Å²) in [4.78, 5) is 0. The average Bonchev–Trinajstić information content (AvgIpc) is 2.42. The zero-order valence-electron chi connectivity index (χ0n) is 12.4. The molecule has 1 fully saturated rings. The maximum Gasteiger partial charge on any atom is 0.0581 e. The van der Waals surface area contributed by atoms with E-state index < -0.39 is 0 Å². The Kier molecular flexibility index (Phi) is 3.88. The molecular weight excluding hydrogens is 242 g/mol. The molecule has 1 atom stereocenters. The van der Waals surface area contributed by atoms with E-state index >= 15 is 0 Å². The molecule has 0 saturated heterocycles. The summed E-state index contributed by atoms with van der Waals surface area (Å²) in [6, 6.07) is 18.6. The van der Waals surface area contributed by atoms with Gasteiger partial charge in [-0.1, -0.05) is 60.5 Å². The van der Waals surface area contributed by atoms with Crippen molar-refractivity contribution in [1.29, 1.82) is 0 Å². The summed E-state index contributed by atoms with van der Waals surface area (Å²) in [6.45, 7) is 4.39. The quantitative estimate of drug-likeness (QED) is 0.856. The van der Waals surface area contributed by atoms with Crippen LogP contribution >= 0.6 is 0 Å². The second-order valence-electron chi connectivity index (χ2n) is 6.00. The van der Waals surface area contributed by atoms with Gasteiger partial charge in [-0.05, 0) is 43.4 Å². The summed E-state index contributed by atoms with van der Waals surface area (Å²) < 4.78 is 0. The summed E-state index contributed by atoms with van der Waals surface area (Å²) in [5.74, 6) is 0. The molecule has 1 N–H and O–H groups in total. The average molecular weight is 265 g/mol. The summed E-state index contributed by atoms with van der Waals surface area (Å²) >= 11 is 0. The molecule has 1 heteroatoms. The molecule has 20 heavy (non-hydrogen) atoms. The van der Waals surface area contributed by atoms with Crippen LogP contribution in [0.1, 0.15) is 47.6 Å². The molecule has 1 unspecified atom stereocenters. The first kappa shape index (κ1) is 13.4. The first-order chi connectivity index (χ1) is 9.74. The van der Waals surface area contributed by atoms with Crippen molar-refractivity contribution in [2.24, 2.45) is 0 Å². The van der Waals surface area contributed by atoms with E-state index in [0.29, 0.717) is 12.1 Å². The number of hydrogen-bond acceptors (Lipinski definition) is 1. The Balaban J connectivity index is 1.97. The maximum atomic E-state index is 3.85. The lowest BCUT2D eigenvalue weighted by atomic mass is 9.88. The van der Waals surface area contributed by atoms with Crippen molar-refractivity contribution in [3.63, 3.8) is 0 Å². The van der Waals surface area contributed by atoms with Crippen molar-refractivity contribution in [1.82, 2.24) is 5.32 Å². The van der Waals surface area contributed by atoms with Crippen LogP contribution in [0.5, 0.6) is 0 Å². The lowest BCUT2D eigenvalue weighted by Crippen LogP contribution is -2.38. The standard InChI is InChI=1S/C19H23N/c1-14-11-12-15(2)18(13-14)19(20-17-9-6-10-17)16-7-4-3-5-8-16/h3-5,7-8,11-13,17,19-20H,6,9-10H2,1-2H3. The molecule has 2 aromatic rings. The molecule has 0 spiro atoms. The van der Waals surface area contributed by atoms with Crippen molar-refractivity contribution in [3.8, 4) is 0 Å². The second-order valence-corrected chi connectivity index (χ2v) is 6.00. The molecule has 0 amide bonds. The molecule has 1 aliphatic rings. The van der Waals surface area contributed by atoms with Crippen LogP contribution in [0.15, 0.2) is 48.5 Å². The van der Waals surface area contributed by atoms with Crippen LogP contribution in [0.25, 0.3) is 0 Å². The molecule has 0 aromatic heterocycles. The zero-order valence-corrected chi connectivity index (χ0v) is 12.4. The first-order valence-electron chi connectivity index (χ1n) is 7.62. The molecule has 0 aliphatic heterocycles. The molecule has 0 radical (unpaired) electrons. The molecule has 104 valence electrons. The lowest BCUT2D eigenvalue weighted by Gasteiger charge is -2.33. The first-order valence-corrected chi connectivity index (χ1v) is 7.62. The van der Waals surface area contributed by atoms with Gasteiger partial charge in [-0.3, -0.25) is 0 Å². The fourth-order valence-corrected chi connectivity index (χ4v) is 2.89. The van der Waals surface area contributed by atoms with Crippen molar-refractivity contribution in [2.75, 3.05) is 0 Å². The molecule has 1 saturated carbocycles. The highest BCUT2D eigenvalue weighted by molar-refractivity contribution is 5.39.